The van der Waals surface area contributed by atoms with E-state index in [0.29, 0.717) is 11.3 Å². The first kappa shape index (κ1) is 16.7. The molecule has 2 N–H and O–H groups in total. The van der Waals surface area contributed by atoms with E-state index in [1.54, 1.807) is 42.5 Å². The zero-order valence-electron chi connectivity index (χ0n) is 12.0. The average molecular weight is 374 g/mol. The van der Waals surface area contributed by atoms with E-state index in [2.05, 4.69) is 26.6 Å². The predicted octanol–water partition coefficient (Wildman–Crippen LogP) is 3.72. The maximum absolute atomic E-state index is 13.5. The van der Waals surface area contributed by atoms with Crippen molar-refractivity contribution in [3.63, 3.8) is 0 Å². The van der Waals surface area contributed by atoms with Gasteiger partial charge in [-0.05, 0) is 30.3 Å². The Bertz CT molecular complexity index is 766. The van der Waals surface area contributed by atoms with Crippen LogP contribution in [0, 0.1) is 17.1 Å². The molecule has 4 nitrogen and oxygen atoms in total. The van der Waals surface area contributed by atoms with E-state index in [0.717, 1.165) is 4.47 Å². The summed E-state index contributed by atoms with van der Waals surface area (Å²) in [7, 11) is 0. The van der Waals surface area contributed by atoms with E-state index in [9.17, 15) is 9.18 Å². The number of benzene rings is 2. The molecule has 23 heavy (non-hydrogen) atoms. The van der Waals surface area contributed by atoms with Gasteiger partial charge in [-0.25, -0.2) is 4.39 Å². The summed E-state index contributed by atoms with van der Waals surface area (Å²) in [5, 5.41) is 14.5. The zero-order valence-corrected chi connectivity index (χ0v) is 13.6. The fraction of sp³-hybridized carbons (Fsp3) is 0.0588. The molecule has 0 saturated heterocycles. The lowest BCUT2D eigenvalue weighted by Crippen LogP contribution is -2.16. The summed E-state index contributed by atoms with van der Waals surface area (Å²) >= 11 is 3.30. The fourth-order valence-electron chi connectivity index (χ4n) is 1.79. The molecule has 0 radical (unpaired) electrons. The average Bonchev–Trinajstić information content (AvgIpc) is 2.55. The van der Waals surface area contributed by atoms with Gasteiger partial charge in [-0.2, -0.15) is 5.26 Å². The molecule has 2 aromatic carbocycles. The van der Waals surface area contributed by atoms with Gasteiger partial charge in [0.15, 0.2) is 0 Å². The number of hydrogen-bond acceptors (Lipinski definition) is 3. The smallest absolute Gasteiger partial charge is 0.267 e. The molecule has 0 aliphatic rings. The third-order valence-corrected chi connectivity index (χ3v) is 3.49. The van der Waals surface area contributed by atoms with E-state index in [-0.39, 0.29) is 17.9 Å². The molecule has 0 fully saturated rings. The van der Waals surface area contributed by atoms with Gasteiger partial charge in [0.2, 0.25) is 0 Å². The monoisotopic (exact) mass is 373 g/mol. The summed E-state index contributed by atoms with van der Waals surface area (Å²) in [6.45, 7) is 0.184. The van der Waals surface area contributed by atoms with Crippen LogP contribution in [0.4, 0.5) is 10.1 Å². The number of rotatable bonds is 5. The summed E-state index contributed by atoms with van der Waals surface area (Å²) in [5.74, 6) is -0.873. The molecule has 0 atom stereocenters. The first-order chi connectivity index (χ1) is 11.1. The molecule has 0 bridgehead atoms. The van der Waals surface area contributed by atoms with Crippen molar-refractivity contribution in [2.75, 3.05) is 5.32 Å². The van der Waals surface area contributed by atoms with Crippen molar-refractivity contribution in [1.29, 1.82) is 5.26 Å². The van der Waals surface area contributed by atoms with Crippen LogP contribution >= 0.6 is 15.9 Å². The Labute approximate surface area is 141 Å². The van der Waals surface area contributed by atoms with Gasteiger partial charge in [-0.1, -0.05) is 34.1 Å². The summed E-state index contributed by atoms with van der Waals surface area (Å²) < 4.78 is 14.4. The van der Waals surface area contributed by atoms with Crippen molar-refractivity contribution in [2.45, 2.75) is 6.54 Å². The van der Waals surface area contributed by atoms with Crippen LogP contribution < -0.4 is 10.6 Å². The van der Waals surface area contributed by atoms with Gasteiger partial charge in [0.05, 0.1) is 0 Å². The minimum Gasteiger partial charge on any atom is -0.385 e. The molecule has 0 unspecified atom stereocenters. The van der Waals surface area contributed by atoms with Gasteiger partial charge in [-0.15, -0.1) is 0 Å². The van der Waals surface area contributed by atoms with Crippen molar-refractivity contribution >= 4 is 27.5 Å². The van der Waals surface area contributed by atoms with Crippen molar-refractivity contribution in [3.8, 4) is 6.07 Å². The number of nitriles is 1. The summed E-state index contributed by atoms with van der Waals surface area (Å²) in [6.07, 6.45) is 1.28. The molecule has 0 heterocycles. The molecular formula is C17H13BrFN3O. The number of nitrogens with one attached hydrogen (secondary N) is 2. The quantitative estimate of drug-likeness (QED) is 0.619. The molecule has 0 saturated carbocycles. The standard InChI is InChI=1S/C17H13BrFN3O/c18-14-5-7-15(8-6-14)22-17(23)13(9-20)11-21-10-12-3-1-2-4-16(12)19/h1-8,11,21H,10H2,(H,22,23)/b13-11-. The number of anilines is 1. The van der Waals surface area contributed by atoms with Gasteiger partial charge < -0.3 is 10.6 Å². The van der Waals surface area contributed by atoms with E-state index in [1.807, 2.05) is 6.07 Å². The number of carbonyl (C=O) groups is 1. The minimum absolute atomic E-state index is 0.0933. The lowest BCUT2D eigenvalue weighted by atomic mass is 10.2. The summed E-state index contributed by atoms with van der Waals surface area (Å²) in [5.41, 5.74) is 0.937. The van der Waals surface area contributed by atoms with Gasteiger partial charge in [0, 0.05) is 28.5 Å². The summed E-state index contributed by atoms with van der Waals surface area (Å²) in [6, 6.07) is 15.1. The Kier molecular flexibility index (Phi) is 5.89. The van der Waals surface area contributed by atoms with Crippen LogP contribution in [0.5, 0.6) is 0 Å². The second-order valence-corrected chi connectivity index (χ2v) is 5.52. The number of halogens is 2. The highest BCUT2D eigenvalue weighted by Gasteiger charge is 2.09. The van der Waals surface area contributed by atoms with Crippen LogP contribution in [0.2, 0.25) is 0 Å². The van der Waals surface area contributed by atoms with E-state index in [1.165, 1.54) is 12.3 Å². The minimum atomic E-state index is -0.532. The maximum Gasteiger partial charge on any atom is 0.267 e. The first-order valence-electron chi connectivity index (χ1n) is 6.74. The zero-order chi connectivity index (χ0) is 16.7. The fourth-order valence-corrected chi connectivity index (χ4v) is 2.05. The van der Waals surface area contributed by atoms with Gasteiger partial charge in [0.1, 0.15) is 17.5 Å². The predicted molar refractivity (Wildman–Crippen MR) is 89.7 cm³/mol. The Morgan fingerprint density at radius 3 is 2.57 bits per heavy atom. The van der Waals surface area contributed by atoms with Crippen molar-refractivity contribution in [3.05, 3.63) is 76.2 Å². The van der Waals surface area contributed by atoms with Gasteiger partial charge >= 0.3 is 0 Å². The molecule has 6 heteroatoms. The highest BCUT2D eigenvalue weighted by atomic mass is 79.9. The van der Waals surface area contributed by atoms with E-state index < -0.39 is 5.91 Å². The van der Waals surface area contributed by atoms with Gasteiger partial charge in [-0.3, -0.25) is 4.79 Å². The van der Waals surface area contributed by atoms with Crippen molar-refractivity contribution in [1.82, 2.24) is 5.32 Å². The van der Waals surface area contributed by atoms with E-state index >= 15 is 0 Å². The first-order valence-corrected chi connectivity index (χ1v) is 7.53. The van der Waals surface area contributed by atoms with Crippen LogP contribution in [0.3, 0.4) is 0 Å². The SMILES string of the molecule is N#C/C(=C/NCc1ccccc1F)C(=O)Nc1ccc(Br)cc1. The molecular weight excluding hydrogens is 361 g/mol. The molecule has 0 aliphatic heterocycles. The van der Waals surface area contributed by atoms with Gasteiger partial charge in [0.25, 0.3) is 5.91 Å². The Balaban J connectivity index is 1.98. The van der Waals surface area contributed by atoms with Crippen LogP contribution in [0.1, 0.15) is 5.56 Å². The number of nitrogens with zero attached hydrogens (tertiary/aromatic N) is 1. The van der Waals surface area contributed by atoms with E-state index in [4.69, 9.17) is 5.26 Å². The Hall–Kier alpha value is -2.65. The highest BCUT2D eigenvalue weighted by molar-refractivity contribution is 9.10. The summed E-state index contributed by atoms with van der Waals surface area (Å²) in [4.78, 5) is 12.0. The van der Waals surface area contributed by atoms with Crippen molar-refractivity contribution in [2.24, 2.45) is 0 Å². The van der Waals surface area contributed by atoms with Crippen LogP contribution in [-0.2, 0) is 11.3 Å². The number of amides is 1. The molecule has 0 aromatic heterocycles. The molecule has 2 aromatic rings. The second kappa shape index (κ2) is 8.11. The number of carbonyl (C=O) groups excluding carboxylic acids is 1. The van der Waals surface area contributed by atoms with Crippen molar-refractivity contribution < 1.29 is 9.18 Å². The third kappa shape index (κ3) is 4.94. The van der Waals surface area contributed by atoms with Crippen LogP contribution in [0.25, 0.3) is 0 Å². The van der Waals surface area contributed by atoms with Crippen LogP contribution in [0.15, 0.2) is 64.8 Å². The molecule has 116 valence electrons. The normalized spacial score (nSPS) is 10.7. The lowest BCUT2D eigenvalue weighted by molar-refractivity contribution is -0.112. The highest BCUT2D eigenvalue weighted by Crippen LogP contribution is 2.14. The second-order valence-electron chi connectivity index (χ2n) is 4.60. The molecule has 0 spiro atoms. The Morgan fingerprint density at radius 2 is 1.91 bits per heavy atom. The largest absolute Gasteiger partial charge is 0.385 e. The third-order valence-electron chi connectivity index (χ3n) is 2.96. The Morgan fingerprint density at radius 1 is 1.22 bits per heavy atom. The maximum atomic E-state index is 13.5. The number of hydrogen-bond donors (Lipinski definition) is 2. The molecule has 1 amide bonds. The topological polar surface area (TPSA) is 64.9 Å². The molecule has 0 aliphatic carbocycles. The van der Waals surface area contributed by atoms with Crippen LogP contribution in [-0.4, -0.2) is 5.91 Å². The lowest BCUT2D eigenvalue weighted by Gasteiger charge is -2.06. The molecule has 2 rings (SSSR count).